The van der Waals surface area contributed by atoms with Crippen LogP contribution < -0.4 is 0 Å². The molecule has 1 radical (unpaired) electrons. The molecule has 1 atom stereocenters. The molecule has 5 heteroatoms. The van der Waals surface area contributed by atoms with Crippen LogP contribution >= 0.6 is 24.2 Å². The number of fused-ring (bicyclic) bond motifs is 1. The first-order valence-corrected chi connectivity index (χ1v) is 5.92. The second kappa shape index (κ2) is 6.13. The van der Waals surface area contributed by atoms with Crippen LogP contribution in [0.5, 0.6) is 0 Å². The van der Waals surface area contributed by atoms with Crippen molar-refractivity contribution in [3.8, 4) is 0 Å². The Kier molecular flexibility index (Phi) is 5.41. The number of amidine groups is 1. The predicted octanol–water partition coefficient (Wildman–Crippen LogP) is 2.57. The van der Waals surface area contributed by atoms with E-state index in [1.807, 2.05) is 11.8 Å². The minimum Gasteiger partial charge on any atom is -0.348 e. The summed E-state index contributed by atoms with van der Waals surface area (Å²) in [7, 11) is 0. The van der Waals surface area contributed by atoms with Crippen LogP contribution in [0, 0.1) is 0 Å². The van der Waals surface area contributed by atoms with Gasteiger partial charge in [0.15, 0.2) is 5.17 Å². The largest absolute Gasteiger partial charge is 0.348 e. The molecule has 0 unspecified atom stereocenters. The van der Waals surface area contributed by atoms with Crippen molar-refractivity contribution in [2.24, 2.45) is 4.99 Å². The molecule has 0 aromatic heterocycles. The molecule has 3 rings (SSSR count). The molecular formula is C11H13AuClN2S. The molecule has 2 nitrogen and oxygen atoms in total. The summed E-state index contributed by atoms with van der Waals surface area (Å²) in [5.74, 6) is 1.21. The van der Waals surface area contributed by atoms with Crippen LogP contribution in [-0.4, -0.2) is 28.9 Å². The van der Waals surface area contributed by atoms with Crippen LogP contribution in [0.3, 0.4) is 0 Å². The SMILES string of the molecule is Cl.[Au].c1ccc([C@H]2CN3CCSC3=N2)cc1. The number of aliphatic imine (C=N–C) groups is 1. The summed E-state index contributed by atoms with van der Waals surface area (Å²) in [4.78, 5) is 7.12. The molecule has 2 heterocycles. The van der Waals surface area contributed by atoms with E-state index in [1.54, 1.807) is 0 Å². The first-order chi connectivity index (χ1) is 6.93. The van der Waals surface area contributed by atoms with Gasteiger partial charge in [0.2, 0.25) is 0 Å². The summed E-state index contributed by atoms with van der Waals surface area (Å²) < 4.78 is 0. The van der Waals surface area contributed by atoms with Gasteiger partial charge in [-0.15, -0.1) is 12.4 Å². The molecule has 91 valence electrons. The Morgan fingerprint density at radius 3 is 2.69 bits per heavy atom. The van der Waals surface area contributed by atoms with Gasteiger partial charge in [-0.1, -0.05) is 42.1 Å². The van der Waals surface area contributed by atoms with Gasteiger partial charge in [-0.2, -0.15) is 0 Å². The van der Waals surface area contributed by atoms with Crippen LogP contribution in [0.25, 0.3) is 0 Å². The normalized spacial score (nSPS) is 21.9. The number of rotatable bonds is 1. The second-order valence-corrected chi connectivity index (χ2v) is 4.69. The number of benzene rings is 1. The van der Waals surface area contributed by atoms with Crippen molar-refractivity contribution < 1.29 is 22.4 Å². The molecule has 1 aromatic rings. The van der Waals surface area contributed by atoms with E-state index in [-0.39, 0.29) is 34.8 Å². The van der Waals surface area contributed by atoms with E-state index in [9.17, 15) is 0 Å². The molecule has 1 saturated heterocycles. The third kappa shape index (κ3) is 2.66. The van der Waals surface area contributed by atoms with Gasteiger partial charge < -0.3 is 4.90 Å². The van der Waals surface area contributed by atoms with Crippen molar-refractivity contribution >= 4 is 29.3 Å². The fourth-order valence-corrected chi connectivity index (χ4v) is 3.00. The molecule has 0 saturated carbocycles. The fraction of sp³-hybridized carbons (Fsp3) is 0.364. The summed E-state index contributed by atoms with van der Waals surface area (Å²) in [6.07, 6.45) is 0. The maximum absolute atomic E-state index is 4.73. The minimum atomic E-state index is 0. The molecular weight excluding hydrogens is 425 g/mol. The summed E-state index contributed by atoms with van der Waals surface area (Å²) in [6.45, 7) is 2.25. The van der Waals surface area contributed by atoms with E-state index >= 15 is 0 Å². The van der Waals surface area contributed by atoms with E-state index in [4.69, 9.17) is 4.99 Å². The number of thioether (sulfide) groups is 1. The Morgan fingerprint density at radius 2 is 2.00 bits per heavy atom. The van der Waals surface area contributed by atoms with Crippen LogP contribution in [0.15, 0.2) is 35.3 Å². The summed E-state index contributed by atoms with van der Waals surface area (Å²) in [5, 5.41) is 1.25. The average molecular weight is 438 g/mol. The Labute approximate surface area is 122 Å². The predicted molar refractivity (Wildman–Crippen MR) is 67.9 cm³/mol. The Bertz CT molecular complexity index is 372. The van der Waals surface area contributed by atoms with Gasteiger partial charge in [0.05, 0.1) is 6.04 Å². The van der Waals surface area contributed by atoms with Crippen LogP contribution in [0.1, 0.15) is 11.6 Å². The van der Waals surface area contributed by atoms with Crippen molar-refractivity contribution in [1.82, 2.24) is 4.90 Å². The molecule has 0 spiro atoms. The van der Waals surface area contributed by atoms with Crippen LogP contribution in [0.4, 0.5) is 0 Å². The Hall–Kier alpha value is 0.0703. The maximum atomic E-state index is 4.73. The van der Waals surface area contributed by atoms with Gasteiger partial charge in [0.25, 0.3) is 0 Å². The number of halogens is 1. The molecule has 0 amide bonds. The summed E-state index contributed by atoms with van der Waals surface area (Å²) in [6, 6.07) is 10.9. The monoisotopic (exact) mass is 437 g/mol. The smallest absolute Gasteiger partial charge is 0.160 e. The van der Waals surface area contributed by atoms with E-state index < -0.39 is 0 Å². The third-order valence-corrected chi connectivity index (χ3v) is 3.72. The van der Waals surface area contributed by atoms with Crippen molar-refractivity contribution in [1.29, 1.82) is 0 Å². The Morgan fingerprint density at radius 1 is 1.25 bits per heavy atom. The molecule has 2 aliphatic heterocycles. The quantitative estimate of drug-likeness (QED) is 0.628. The summed E-state index contributed by atoms with van der Waals surface area (Å²) in [5.41, 5.74) is 1.34. The number of hydrogen-bond donors (Lipinski definition) is 0. The Balaban J connectivity index is 0.000000640. The average Bonchev–Trinajstić information content (AvgIpc) is 2.78. The van der Waals surface area contributed by atoms with Gasteiger partial charge in [0, 0.05) is 41.2 Å². The van der Waals surface area contributed by atoms with Crippen molar-refractivity contribution in [2.45, 2.75) is 6.04 Å². The topological polar surface area (TPSA) is 15.6 Å². The summed E-state index contributed by atoms with van der Waals surface area (Å²) >= 11 is 1.89. The van der Waals surface area contributed by atoms with Crippen LogP contribution in [0.2, 0.25) is 0 Å². The second-order valence-electron chi connectivity index (χ2n) is 3.63. The zero-order valence-electron chi connectivity index (χ0n) is 8.60. The van der Waals surface area contributed by atoms with Gasteiger partial charge in [-0.05, 0) is 5.56 Å². The van der Waals surface area contributed by atoms with E-state index in [0.29, 0.717) is 6.04 Å². The van der Waals surface area contributed by atoms with Crippen molar-refractivity contribution in [3.05, 3.63) is 35.9 Å². The minimum absolute atomic E-state index is 0. The van der Waals surface area contributed by atoms with E-state index in [0.717, 1.165) is 6.54 Å². The van der Waals surface area contributed by atoms with E-state index in [2.05, 4.69) is 35.2 Å². The fourth-order valence-electron chi connectivity index (χ4n) is 1.96. The third-order valence-electron chi connectivity index (χ3n) is 2.71. The maximum Gasteiger partial charge on any atom is 0.160 e. The standard InChI is InChI=1S/C11H12N2S.Au.ClH/c1-2-4-9(5-3-1)10-8-13-6-7-14-11(13)12-10;;/h1-5,10H,6-8H2;;1H/t10-;;/m1../s1. The van der Waals surface area contributed by atoms with Gasteiger partial charge in [-0.3, -0.25) is 4.99 Å². The first kappa shape index (κ1) is 14.1. The van der Waals surface area contributed by atoms with Crippen molar-refractivity contribution in [3.63, 3.8) is 0 Å². The van der Waals surface area contributed by atoms with Crippen LogP contribution in [-0.2, 0) is 22.4 Å². The molecule has 16 heavy (non-hydrogen) atoms. The molecule has 1 fully saturated rings. The molecule has 0 N–H and O–H groups in total. The molecule has 0 aliphatic carbocycles. The van der Waals surface area contributed by atoms with Gasteiger partial charge >= 0.3 is 0 Å². The van der Waals surface area contributed by atoms with Crippen molar-refractivity contribution in [2.75, 3.05) is 18.8 Å². The molecule has 0 bridgehead atoms. The zero-order chi connectivity index (χ0) is 9.38. The van der Waals surface area contributed by atoms with Gasteiger partial charge in [-0.25, -0.2) is 0 Å². The van der Waals surface area contributed by atoms with Gasteiger partial charge in [0.1, 0.15) is 0 Å². The first-order valence-electron chi connectivity index (χ1n) is 4.94. The molecule has 1 aromatic carbocycles. The zero-order valence-corrected chi connectivity index (χ0v) is 12.4. The number of hydrogen-bond acceptors (Lipinski definition) is 3. The molecule has 2 aliphatic rings. The van der Waals surface area contributed by atoms with E-state index in [1.165, 1.54) is 23.0 Å². The number of nitrogens with zero attached hydrogens (tertiary/aromatic N) is 2.